The minimum atomic E-state index is -1.34. The first-order valence-corrected chi connectivity index (χ1v) is 11.8. The Balaban J connectivity index is 2.30. The number of anilines is 1. The van der Waals surface area contributed by atoms with Gasteiger partial charge in [0.2, 0.25) is 5.91 Å². The molecular formula is C18H28N2O5Si. The highest BCUT2D eigenvalue weighted by molar-refractivity contribution is 6.48. The SMILES string of the molecule is C[SiH](C)OC(CCC(C)(C)C)Oc1ccc([N+](=O)[O-])c2c1NC(=O)CC2. The van der Waals surface area contributed by atoms with Crippen molar-refractivity contribution in [2.24, 2.45) is 5.41 Å². The number of rotatable bonds is 7. The fourth-order valence-electron chi connectivity index (χ4n) is 2.87. The first kappa shape index (κ1) is 20.4. The molecule has 1 N–H and O–H groups in total. The summed E-state index contributed by atoms with van der Waals surface area (Å²) in [4.78, 5) is 22.7. The van der Waals surface area contributed by atoms with E-state index >= 15 is 0 Å². The third-order valence-corrected chi connectivity index (χ3v) is 4.97. The van der Waals surface area contributed by atoms with Crippen LogP contribution in [0.5, 0.6) is 5.75 Å². The number of nitro benzene ring substituents is 1. The number of hydrogen-bond acceptors (Lipinski definition) is 5. The highest BCUT2D eigenvalue weighted by atomic mass is 28.3. The third-order valence-electron chi connectivity index (χ3n) is 4.13. The number of carbonyl (C=O) groups is 1. The molecule has 0 saturated heterocycles. The summed E-state index contributed by atoms with van der Waals surface area (Å²) >= 11 is 0. The highest BCUT2D eigenvalue weighted by Crippen LogP contribution is 2.39. The summed E-state index contributed by atoms with van der Waals surface area (Å²) in [6.07, 6.45) is 1.78. The molecule has 1 amide bonds. The van der Waals surface area contributed by atoms with Crippen LogP contribution in [0.25, 0.3) is 0 Å². The van der Waals surface area contributed by atoms with Crippen LogP contribution in [0, 0.1) is 15.5 Å². The molecule has 1 heterocycles. The number of nitrogens with zero attached hydrogens (tertiary/aromatic N) is 1. The number of fused-ring (bicyclic) bond motifs is 1. The van der Waals surface area contributed by atoms with Gasteiger partial charge in [-0.3, -0.25) is 14.9 Å². The number of hydrogen-bond donors (Lipinski definition) is 1. The van der Waals surface area contributed by atoms with E-state index < -0.39 is 20.3 Å². The molecule has 1 unspecified atom stereocenters. The van der Waals surface area contributed by atoms with E-state index in [9.17, 15) is 14.9 Å². The number of nitro groups is 1. The quantitative estimate of drug-likeness (QED) is 0.334. The lowest BCUT2D eigenvalue weighted by molar-refractivity contribution is -0.385. The molecule has 1 aromatic rings. The Morgan fingerprint density at radius 2 is 2.00 bits per heavy atom. The van der Waals surface area contributed by atoms with Gasteiger partial charge in [0.1, 0.15) is 5.75 Å². The van der Waals surface area contributed by atoms with Crippen molar-refractivity contribution in [3.05, 3.63) is 27.8 Å². The fraction of sp³-hybridized carbons (Fsp3) is 0.611. The summed E-state index contributed by atoms with van der Waals surface area (Å²) in [7, 11) is -1.34. The van der Waals surface area contributed by atoms with E-state index in [1.807, 2.05) is 0 Å². The summed E-state index contributed by atoms with van der Waals surface area (Å²) in [5.74, 6) is 0.278. The average Bonchev–Trinajstić information content (AvgIpc) is 2.51. The van der Waals surface area contributed by atoms with Gasteiger partial charge in [0.05, 0.1) is 16.2 Å². The number of carbonyl (C=O) groups excluding carboxylic acids is 1. The van der Waals surface area contributed by atoms with Crippen molar-refractivity contribution < 1.29 is 18.9 Å². The maximum Gasteiger partial charge on any atom is 0.274 e. The minimum absolute atomic E-state index is 0.0118. The van der Waals surface area contributed by atoms with Crippen molar-refractivity contribution in [3.8, 4) is 5.75 Å². The molecule has 26 heavy (non-hydrogen) atoms. The van der Waals surface area contributed by atoms with Crippen LogP contribution in [0.3, 0.4) is 0 Å². The van der Waals surface area contributed by atoms with Gasteiger partial charge in [-0.25, -0.2) is 0 Å². The van der Waals surface area contributed by atoms with E-state index in [1.54, 1.807) is 6.07 Å². The molecule has 144 valence electrons. The standard InChI is InChI=1S/C18H28N2O5Si/c1-18(2,3)11-10-16(25-26(4)5)24-14-8-7-13(20(22)23)12-6-9-15(21)19-17(12)14/h7-8,16,26H,6,9-11H2,1-5H3,(H,19,21). The molecule has 2 rings (SSSR count). The van der Waals surface area contributed by atoms with Crippen LogP contribution in [0.1, 0.15) is 45.6 Å². The van der Waals surface area contributed by atoms with Gasteiger partial charge in [-0.2, -0.15) is 0 Å². The maximum atomic E-state index is 11.8. The van der Waals surface area contributed by atoms with E-state index in [0.29, 0.717) is 29.8 Å². The van der Waals surface area contributed by atoms with Crippen molar-refractivity contribution in [2.75, 3.05) is 5.32 Å². The van der Waals surface area contributed by atoms with Crippen molar-refractivity contribution in [1.82, 2.24) is 0 Å². The molecule has 0 bridgehead atoms. The van der Waals surface area contributed by atoms with Crippen LogP contribution in [-0.4, -0.2) is 26.2 Å². The zero-order valence-electron chi connectivity index (χ0n) is 16.1. The van der Waals surface area contributed by atoms with Crippen LogP contribution >= 0.6 is 0 Å². The smallest absolute Gasteiger partial charge is 0.274 e. The van der Waals surface area contributed by atoms with E-state index in [0.717, 1.165) is 6.42 Å². The minimum Gasteiger partial charge on any atom is -0.464 e. The molecule has 1 aromatic carbocycles. The molecule has 8 heteroatoms. The molecule has 0 saturated carbocycles. The van der Waals surface area contributed by atoms with Crippen LogP contribution in [-0.2, 0) is 15.6 Å². The molecule has 1 atom stereocenters. The van der Waals surface area contributed by atoms with Gasteiger partial charge >= 0.3 is 0 Å². The molecule has 0 spiro atoms. The number of amides is 1. The Bertz CT molecular complexity index is 685. The third kappa shape index (κ3) is 5.53. The second-order valence-electron chi connectivity index (χ2n) is 8.07. The lowest BCUT2D eigenvalue weighted by Gasteiger charge is -2.27. The van der Waals surface area contributed by atoms with Gasteiger partial charge in [0.15, 0.2) is 15.3 Å². The van der Waals surface area contributed by atoms with Gasteiger partial charge in [-0.1, -0.05) is 20.8 Å². The molecular weight excluding hydrogens is 352 g/mol. The average molecular weight is 381 g/mol. The normalized spacial score (nSPS) is 15.4. The van der Waals surface area contributed by atoms with Crippen molar-refractivity contribution >= 4 is 26.3 Å². The summed E-state index contributed by atoms with van der Waals surface area (Å²) in [6.45, 7) is 10.6. The lowest BCUT2D eigenvalue weighted by atomic mass is 9.90. The molecule has 0 aromatic heterocycles. The van der Waals surface area contributed by atoms with E-state index in [4.69, 9.17) is 9.16 Å². The Morgan fingerprint density at radius 1 is 1.31 bits per heavy atom. The zero-order chi connectivity index (χ0) is 19.5. The monoisotopic (exact) mass is 380 g/mol. The molecule has 7 nitrogen and oxygen atoms in total. The summed E-state index contributed by atoms with van der Waals surface area (Å²) in [5.41, 5.74) is 1.08. The van der Waals surface area contributed by atoms with Crippen molar-refractivity contribution in [2.45, 2.75) is 65.8 Å². The second kappa shape index (κ2) is 8.18. The number of ether oxygens (including phenoxy) is 1. The van der Waals surface area contributed by atoms with Crippen LogP contribution in [0.15, 0.2) is 12.1 Å². The van der Waals surface area contributed by atoms with Gasteiger partial charge in [-0.15, -0.1) is 0 Å². The molecule has 0 aliphatic carbocycles. The highest BCUT2D eigenvalue weighted by Gasteiger charge is 2.28. The van der Waals surface area contributed by atoms with Crippen LogP contribution in [0.4, 0.5) is 11.4 Å². The van der Waals surface area contributed by atoms with Crippen LogP contribution < -0.4 is 10.1 Å². The topological polar surface area (TPSA) is 90.7 Å². The van der Waals surface area contributed by atoms with Gasteiger partial charge in [0.25, 0.3) is 5.69 Å². The summed E-state index contributed by atoms with van der Waals surface area (Å²) in [5, 5.41) is 14.0. The maximum absolute atomic E-state index is 11.8. The fourth-order valence-corrected chi connectivity index (χ4v) is 3.66. The first-order valence-electron chi connectivity index (χ1n) is 8.99. The second-order valence-corrected chi connectivity index (χ2v) is 10.4. The van der Waals surface area contributed by atoms with E-state index in [2.05, 4.69) is 39.2 Å². The zero-order valence-corrected chi connectivity index (χ0v) is 17.3. The lowest BCUT2D eigenvalue weighted by Crippen LogP contribution is -2.29. The van der Waals surface area contributed by atoms with Gasteiger partial charge in [-0.05, 0) is 37.4 Å². The van der Waals surface area contributed by atoms with Gasteiger partial charge in [0, 0.05) is 18.9 Å². The number of nitrogens with one attached hydrogen (secondary N) is 1. The van der Waals surface area contributed by atoms with Crippen molar-refractivity contribution in [1.29, 1.82) is 0 Å². The summed E-state index contributed by atoms with van der Waals surface area (Å²) in [6, 6.07) is 3.00. The predicted molar refractivity (Wildman–Crippen MR) is 103 cm³/mol. The molecule has 0 radical (unpaired) electrons. The number of benzene rings is 1. The van der Waals surface area contributed by atoms with E-state index in [-0.39, 0.29) is 23.4 Å². The predicted octanol–water partition coefficient (Wildman–Crippen LogP) is 4.01. The Morgan fingerprint density at radius 3 is 2.58 bits per heavy atom. The Labute approximate surface area is 155 Å². The molecule has 1 aliphatic heterocycles. The first-order chi connectivity index (χ1) is 12.1. The Kier molecular flexibility index (Phi) is 6.41. The summed E-state index contributed by atoms with van der Waals surface area (Å²) < 4.78 is 12.1. The van der Waals surface area contributed by atoms with Crippen LogP contribution in [0.2, 0.25) is 13.1 Å². The largest absolute Gasteiger partial charge is 0.464 e. The van der Waals surface area contributed by atoms with Crippen molar-refractivity contribution in [3.63, 3.8) is 0 Å². The molecule has 0 fully saturated rings. The van der Waals surface area contributed by atoms with E-state index in [1.165, 1.54) is 6.07 Å². The Hall–Kier alpha value is -1.93. The molecule has 1 aliphatic rings. The van der Waals surface area contributed by atoms with Gasteiger partial charge < -0.3 is 14.5 Å².